The maximum atomic E-state index is 12.3. The van der Waals surface area contributed by atoms with Crippen molar-refractivity contribution in [2.24, 2.45) is 53.3 Å². The fraction of sp³-hybridized carbons (Fsp3) is 1.00. The molecule has 0 aromatic carbocycles. The molecular formula is C30H58O4Si. The van der Waals surface area contributed by atoms with Gasteiger partial charge in [-0.3, -0.25) is 0 Å². The van der Waals surface area contributed by atoms with Gasteiger partial charge in [-0.1, -0.05) is 81.6 Å². The van der Waals surface area contributed by atoms with E-state index in [-0.39, 0.29) is 18.3 Å². The fourth-order valence-corrected chi connectivity index (χ4v) is 9.54. The van der Waals surface area contributed by atoms with Crippen molar-refractivity contribution in [3.63, 3.8) is 0 Å². The van der Waals surface area contributed by atoms with Crippen LogP contribution in [-0.4, -0.2) is 32.2 Å². The summed E-state index contributed by atoms with van der Waals surface area (Å²) in [7, 11) is -3.86. The highest BCUT2D eigenvalue weighted by atomic mass is 28.4. The molecule has 0 aromatic heterocycles. The van der Waals surface area contributed by atoms with Crippen LogP contribution in [0.4, 0.5) is 0 Å². The van der Waals surface area contributed by atoms with Gasteiger partial charge in [0.2, 0.25) is 0 Å². The average molecular weight is 511 g/mol. The first-order valence-electron chi connectivity index (χ1n) is 15.1. The Morgan fingerprint density at radius 3 is 1.00 bits per heavy atom. The van der Waals surface area contributed by atoms with Crippen molar-refractivity contribution < 1.29 is 18.1 Å². The van der Waals surface area contributed by atoms with Crippen LogP contribution in [0.2, 0.25) is 0 Å². The first-order valence-corrected chi connectivity index (χ1v) is 16.8. The highest BCUT2D eigenvalue weighted by molar-refractivity contribution is 6.52. The van der Waals surface area contributed by atoms with Gasteiger partial charge in [-0.05, 0) is 91.8 Å². The zero-order valence-corrected chi connectivity index (χ0v) is 25.5. The molecule has 0 heterocycles. The summed E-state index contributed by atoms with van der Waals surface area (Å²) in [5.41, 5.74) is 0. The predicted molar refractivity (Wildman–Crippen MR) is 147 cm³/mol. The second-order valence-corrected chi connectivity index (χ2v) is 15.7. The van der Waals surface area contributed by atoms with Gasteiger partial charge in [-0.25, -0.2) is 0 Å². The minimum Gasteiger partial charge on any atom is -0.367 e. The van der Waals surface area contributed by atoms with Crippen LogP contribution in [0.3, 0.4) is 0 Å². The van der Waals surface area contributed by atoms with E-state index in [2.05, 4.69) is 62.3 Å². The van der Waals surface area contributed by atoms with Gasteiger partial charge in [0.25, 0.3) is 0 Å². The molecule has 3 fully saturated rings. The van der Waals surface area contributed by atoms with Gasteiger partial charge >= 0.3 is 9.05 Å². The van der Waals surface area contributed by atoms with Crippen molar-refractivity contribution in [3.8, 4) is 0 Å². The predicted octanol–water partition coefficient (Wildman–Crippen LogP) is 7.85. The standard InChI is InChI=1S/C30H58O4Si/c1-19(2)25-13-10-22(7)16-28(25)32-35(31,33-29-17-23(8)11-14-26(29)20(3)4)34-30-18-24(9)12-15-27(30)21(5)6/h19-31H,10-18H2,1-9H3. The Labute approximate surface area is 218 Å². The normalized spacial score (nSPS) is 40.9. The van der Waals surface area contributed by atoms with Gasteiger partial charge in [0.05, 0.1) is 18.3 Å². The summed E-state index contributed by atoms with van der Waals surface area (Å²) in [6.07, 6.45) is 10.3. The van der Waals surface area contributed by atoms with Crippen LogP contribution in [0.15, 0.2) is 0 Å². The summed E-state index contributed by atoms with van der Waals surface area (Å²) in [6.45, 7) is 20.8. The number of rotatable bonds is 9. The molecule has 3 saturated carbocycles. The lowest BCUT2D eigenvalue weighted by Crippen LogP contribution is -2.58. The molecule has 206 valence electrons. The van der Waals surface area contributed by atoms with Crippen molar-refractivity contribution in [1.82, 2.24) is 0 Å². The van der Waals surface area contributed by atoms with E-state index < -0.39 is 9.05 Å². The third-order valence-electron chi connectivity index (χ3n) is 9.78. The highest BCUT2D eigenvalue weighted by Crippen LogP contribution is 2.42. The van der Waals surface area contributed by atoms with E-state index >= 15 is 0 Å². The van der Waals surface area contributed by atoms with Crippen molar-refractivity contribution in [2.75, 3.05) is 0 Å². The molecule has 3 aliphatic carbocycles. The number of hydrogen-bond donors (Lipinski definition) is 1. The van der Waals surface area contributed by atoms with Gasteiger partial charge in [0, 0.05) is 0 Å². The molecule has 0 aliphatic heterocycles. The molecule has 3 rings (SSSR count). The topological polar surface area (TPSA) is 47.9 Å². The van der Waals surface area contributed by atoms with Crippen LogP contribution < -0.4 is 0 Å². The summed E-state index contributed by atoms with van der Waals surface area (Å²) in [4.78, 5) is 12.3. The van der Waals surface area contributed by atoms with Crippen molar-refractivity contribution >= 4 is 9.05 Å². The minimum atomic E-state index is -3.86. The lowest BCUT2D eigenvalue weighted by atomic mass is 9.75. The summed E-state index contributed by atoms with van der Waals surface area (Å²) >= 11 is 0. The van der Waals surface area contributed by atoms with E-state index in [4.69, 9.17) is 13.3 Å². The number of hydrogen-bond acceptors (Lipinski definition) is 4. The maximum absolute atomic E-state index is 12.3. The minimum absolute atomic E-state index is 0.0208. The monoisotopic (exact) mass is 510 g/mol. The van der Waals surface area contributed by atoms with E-state index in [1.165, 1.54) is 19.3 Å². The zero-order chi connectivity index (χ0) is 25.9. The fourth-order valence-electron chi connectivity index (χ4n) is 7.41. The molecular weight excluding hydrogens is 452 g/mol. The van der Waals surface area contributed by atoms with Crippen molar-refractivity contribution in [3.05, 3.63) is 0 Å². The summed E-state index contributed by atoms with van der Waals surface area (Å²) in [6, 6.07) is 0. The van der Waals surface area contributed by atoms with Crippen LogP contribution in [0.1, 0.15) is 120 Å². The Balaban J connectivity index is 1.88. The van der Waals surface area contributed by atoms with Gasteiger partial charge in [0.15, 0.2) is 0 Å². The molecule has 9 unspecified atom stereocenters. The zero-order valence-electron chi connectivity index (χ0n) is 24.5. The average Bonchev–Trinajstić information content (AvgIpc) is 2.72. The first-order chi connectivity index (χ1) is 16.4. The molecule has 0 amide bonds. The van der Waals surface area contributed by atoms with Gasteiger partial charge in [0.1, 0.15) is 0 Å². The van der Waals surface area contributed by atoms with Crippen LogP contribution in [0.25, 0.3) is 0 Å². The first kappa shape index (κ1) is 29.6. The molecule has 9 atom stereocenters. The second-order valence-electron chi connectivity index (χ2n) is 14.0. The van der Waals surface area contributed by atoms with Gasteiger partial charge in [-0.15, -0.1) is 0 Å². The van der Waals surface area contributed by atoms with Gasteiger partial charge < -0.3 is 18.1 Å². The Morgan fingerprint density at radius 1 is 0.514 bits per heavy atom. The van der Waals surface area contributed by atoms with Crippen LogP contribution >= 0.6 is 0 Å². The lowest BCUT2D eigenvalue weighted by Gasteiger charge is -2.45. The molecule has 1 N–H and O–H groups in total. The molecule has 0 aromatic rings. The lowest BCUT2D eigenvalue weighted by molar-refractivity contribution is -0.131. The largest absolute Gasteiger partial charge is 0.677 e. The molecule has 5 heteroatoms. The van der Waals surface area contributed by atoms with E-state index in [9.17, 15) is 4.80 Å². The van der Waals surface area contributed by atoms with E-state index in [1.54, 1.807) is 0 Å². The molecule has 35 heavy (non-hydrogen) atoms. The molecule has 4 nitrogen and oxygen atoms in total. The molecule has 0 radical (unpaired) electrons. The SMILES string of the molecule is CC1CCC(C(C)C)C(O[Si](O)(OC2CC(C)CCC2C(C)C)OC2CC(C)CCC2C(C)C)C1. The molecule has 3 aliphatic rings. The molecule has 0 bridgehead atoms. The van der Waals surface area contributed by atoms with Crippen LogP contribution in [0, 0.1) is 53.3 Å². The van der Waals surface area contributed by atoms with Crippen molar-refractivity contribution in [2.45, 2.75) is 138 Å². The van der Waals surface area contributed by atoms with Gasteiger partial charge in [-0.2, -0.15) is 0 Å². The van der Waals surface area contributed by atoms with E-state index in [1.807, 2.05) is 0 Å². The third-order valence-corrected chi connectivity index (χ3v) is 11.6. The van der Waals surface area contributed by atoms with Crippen LogP contribution in [-0.2, 0) is 13.3 Å². The smallest absolute Gasteiger partial charge is 0.367 e. The molecule has 0 spiro atoms. The second kappa shape index (κ2) is 12.7. The Hall–Kier alpha value is 0.0569. The van der Waals surface area contributed by atoms with Crippen LogP contribution in [0.5, 0.6) is 0 Å². The quantitative estimate of drug-likeness (QED) is 0.321. The summed E-state index contributed by atoms with van der Waals surface area (Å²) in [5, 5.41) is 0. The summed E-state index contributed by atoms with van der Waals surface area (Å²) < 4.78 is 20.4. The van der Waals surface area contributed by atoms with Crippen molar-refractivity contribution in [1.29, 1.82) is 0 Å². The Bertz CT molecular complexity index is 554. The van der Waals surface area contributed by atoms with E-state index in [0.29, 0.717) is 53.3 Å². The maximum Gasteiger partial charge on any atom is 0.677 e. The Morgan fingerprint density at radius 2 is 0.771 bits per heavy atom. The Kier molecular flexibility index (Phi) is 10.8. The molecule has 0 saturated heterocycles. The summed E-state index contributed by atoms with van der Waals surface area (Å²) in [5.74, 6) is 4.80. The highest BCUT2D eigenvalue weighted by Gasteiger charge is 2.53. The van der Waals surface area contributed by atoms with E-state index in [0.717, 1.165) is 38.5 Å². The third kappa shape index (κ3) is 8.02.